The number of hydrogen-bond donors (Lipinski definition) is 2. The Bertz CT molecular complexity index is 223. The summed E-state index contributed by atoms with van der Waals surface area (Å²) in [6.45, 7) is 8.88. The molecule has 0 heterocycles. The van der Waals surface area contributed by atoms with Crippen molar-refractivity contribution in [2.24, 2.45) is 0 Å². The molecular formula is C14H29N3O. The summed E-state index contributed by atoms with van der Waals surface area (Å²) in [5, 5.41) is 6.31. The zero-order valence-corrected chi connectivity index (χ0v) is 12.0. The van der Waals surface area contributed by atoms with Crippen LogP contribution in [-0.2, 0) is 4.79 Å². The molecule has 0 atom stereocenters. The van der Waals surface area contributed by atoms with Crippen molar-refractivity contribution in [1.29, 1.82) is 0 Å². The first-order valence-electron chi connectivity index (χ1n) is 7.48. The van der Waals surface area contributed by atoms with Crippen molar-refractivity contribution >= 4 is 5.91 Å². The van der Waals surface area contributed by atoms with E-state index in [2.05, 4.69) is 29.4 Å². The highest BCUT2D eigenvalue weighted by atomic mass is 16.1. The number of nitrogens with one attached hydrogen (secondary N) is 2. The molecule has 1 amide bonds. The molecule has 1 fully saturated rings. The Morgan fingerprint density at radius 3 is 2.50 bits per heavy atom. The Labute approximate surface area is 111 Å². The molecule has 0 aromatic heterocycles. The lowest BCUT2D eigenvalue weighted by Gasteiger charge is -2.17. The molecule has 0 aromatic carbocycles. The van der Waals surface area contributed by atoms with Crippen LogP contribution in [0.25, 0.3) is 0 Å². The third kappa shape index (κ3) is 6.36. The van der Waals surface area contributed by atoms with Crippen LogP contribution < -0.4 is 10.6 Å². The van der Waals surface area contributed by atoms with Gasteiger partial charge in [-0.25, -0.2) is 0 Å². The van der Waals surface area contributed by atoms with Gasteiger partial charge in [0.1, 0.15) is 0 Å². The SMILES string of the molecule is CCN(CC)CCCNC(=O)CNC1CCCC1. The van der Waals surface area contributed by atoms with E-state index in [1.165, 1.54) is 25.7 Å². The van der Waals surface area contributed by atoms with Crippen molar-refractivity contribution in [3.05, 3.63) is 0 Å². The Balaban J connectivity index is 1.96. The van der Waals surface area contributed by atoms with Gasteiger partial charge in [0.05, 0.1) is 6.54 Å². The van der Waals surface area contributed by atoms with Crippen molar-refractivity contribution < 1.29 is 4.79 Å². The lowest BCUT2D eigenvalue weighted by Crippen LogP contribution is -2.39. The normalized spacial score (nSPS) is 16.4. The van der Waals surface area contributed by atoms with Crippen LogP contribution in [0.2, 0.25) is 0 Å². The fraction of sp³-hybridized carbons (Fsp3) is 0.929. The van der Waals surface area contributed by atoms with E-state index in [-0.39, 0.29) is 5.91 Å². The molecule has 4 nitrogen and oxygen atoms in total. The molecular weight excluding hydrogens is 226 g/mol. The second kappa shape index (κ2) is 9.34. The van der Waals surface area contributed by atoms with Gasteiger partial charge in [0.25, 0.3) is 0 Å². The van der Waals surface area contributed by atoms with Gasteiger partial charge in [-0.05, 0) is 38.9 Å². The number of rotatable bonds is 9. The van der Waals surface area contributed by atoms with Gasteiger partial charge in [-0.2, -0.15) is 0 Å². The standard InChI is InChI=1S/C14H29N3O/c1-3-17(4-2)11-7-10-15-14(18)12-16-13-8-5-6-9-13/h13,16H,3-12H2,1-2H3,(H,15,18). The van der Waals surface area contributed by atoms with Crippen molar-refractivity contribution in [3.63, 3.8) is 0 Å². The van der Waals surface area contributed by atoms with Crippen LogP contribution in [0.4, 0.5) is 0 Å². The third-order valence-electron chi connectivity index (χ3n) is 3.77. The minimum absolute atomic E-state index is 0.140. The summed E-state index contributed by atoms with van der Waals surface area (Å²) in [5.41, 5.74) is 0. The van der Waals surface area contributed by atoms with Gasteiger partial charge in [-0.15, -0.1) is 0 Å². The van der Waals surface area contributed by atoms with E-state index >= 15 is 0 Å². The van der Waals surface area contributed by atoms with E-state index in [0.29, 0.717) is 12.6 Å². The molecule has 2 N–H and O–H groups in total. The van der Waals surface area contributed by atoms with Gasteiger partial charge in [-0.1, -0.05) is 26.7 Å². The van der Waals surface area contributed by atoms with Crippen LogP contribution >= 0.6 is 0 Å². The highest BCUT2D eigenvalue weighted by Crippen LogP contribution is 2.17. The highest BCUT2D eigenvalue weighted by Gasteiger charge is 2.14. The van der Waals surface area contributed by atoms with E-state index in [9.17, 15) is 4.79 Å². The zero-order valence-electron chi connectivity index (χ0n) is 12.0. The maximum atomic E-state index is 11.6. The fourth-order valence-electron chi connectivity index (χ4n) is 2.50. The summed E-state index contributed by atoms with van der Waals surface area (Å²) in [6, 6.07) is 0.575. The maximum absolute atomic E-state index is 11.6. The van der Waals surface area contributed by atoms with Crippen LogP contribution in [0, 0.1) is 0 Å². The lowest BCUT2D eigenvalue weighted by molar-refractivity contribution is -0.120. The second-order valence-corrected chi connectivity index (χ2v) is 5.09. The lowest BCUT2D eigenvalue weighted by atomic mass is 10.2. The summed E-state index contributed by atoms with van der Waals surface area (Å²) in [7, 11) is 0. The molecule has 18 heavy (non-hydrogen) atoms. The van der Waals surface area contributed by atoms with E-state index in [1.807, 2.05) is 0 Å². The Morgan fingerprint density at radius 1 is 1.22 bits per heavy atom. The molecule has 1 aliphatic rings. The first kappa shape index (κ1) is 15.4. The van der Waals surface area contributed by atoms with Crippen molar-refractivity contribution in [1.82, 2.24) is 15.5 Å². The van der Waals surface area contributed by atoms with Crippen molar-refractivity contribution in [2.45, 2.75) is 52.0 Å². The average molecular weight is 255 g/mol. The molecule has 0 bridgehead atoms. The topological polar surface area (TPSA) is 44.4 Å². The number of hydrogen-bond acceptors (Lipinski definition) is 3. The number of amides is 1. The molecule has 0 aromatic rings. The zero-order chi connectivity index (χ0) is 13.2. The van der Waals surface area contributed by atoms with Gasteiger partial charge >= 0.3 is 0 Å². The van der Waals surface area contributed by atoms with Crippen LogP contribution in [0.15, 0.2) is 0 Å². The minimum atomic E-state index is 0.140. The van der Waals surface area contributed by atoms with Gasteiger partial charge < -0.3 is 15.5 Å². The van der Waals surface area contributed by atoms with Crippen LogP contribution in [0.1, 0.15) is 46.0 Å². The van der Waals surface area contributed by atoms with Crippen LogP contribution in [-0.4, -0.2) is 49.6 Å². The predicted molar refractivity (Wildman–Crippen MR) is 75.7 cm³/mol. The molecule has 1 saturated carbocycles. The maximum Gasteiger partial charge on any atom is 0.233 e. The molecule has 4 heteroatoms. The predicted octanol–water partition coefficient (Wildman–Crippen LogP) is 1.37. The summed E-state index contributed by atoms with van der Waals surface area (Å²) < 4.78 is 0. The molecule has 1 aliphatic carbocycles. The molecule has 0 aliphatic heterocycles. The van der Waals surface area contributed by atoms with Gasteiger partial charge in [0, 0.05) is 12.6 Å². The largest absolute Gasteiger partial charge is 0.355 e. The molecule has 0 spiro atoms. The number of nitrogens with zero attached hydrogens (tertiary/aromatic N) is 1. The smallest absolute Gasteiger partial charge is 0.233 e. The Hall–Kier alpha value is -0.610. The first-order valence-corrected chi connectivity index (χ1v) is 7.48. The first-order chi connectivity index (χ1) is 8.76. The summed E-state index contributed by atoms with van der Waals surface area (Å²) in [4.78, 5) is 14.0. The monoisotopic (exact) mass is 255 g/mol. The Morgan fingerprint density at radius 2 is 1.89 bits per heavy atom. The van der Waals surface area contributed by atoms with Gasteiger partial charge in [0.15, 0.2) is 0 Å². The molecule has 0 unspecified atom stereocenters. The van der Waals surface area contributed by atoms with Gasteiger partial charge in [0.2, 0.25) is 5.91 Å². The summed E-state index contributed by atoms with van der Waals surface area (Å²) in [6.07, 6.45) is 6.12. The van der Waals surface area contributed by atoms with E-state index < -0.39 is 0 Å². The molecule has 1 rings (SSSR count). The summed E-state index contributed by atoms with van der Waals surface area (Å²) >= 11 is 0. The fourth-order valence-corrected chi connectivity index (χ4v) is 2.50. The molecule has 106 valence electrons. The van der Waals surface area contributed by atoms with Crippen molar-refractivity contribution in [2.75, 3.05) is 32.7 Å². The molecule has 0 saturated heterocycles. The van der Waals surface area contributed by atoms with Crippen LogP contribution in [0.3, 0.4) is 0 Å². The quantitative estimate of drug-likeness (QED) is 0.612. The average Bonchev–Trinajstić information content (AvgIpc) is 2.90. The minimum Gasteiger partial charge on any atom is -0.355 e. The van der Waals surface area contributed by atoms with Gasteiger partial charge in [-0.3, -0.25) is 4.79 Å². The number of carbonyl (C=O) groups excluding carboxylic acids is 1. The molecule has 0 radical (unpaired) electrons. The Kier molecular flexibility index (Phi) is 8.01. The van der Waals surface area contributed by atoms with Crippen LogP contribution in [0.5, 0.6) is 0 Å². The number of carbonyl (C=O) groups is 1. The highest BCUT2D eigenvalue weighted by molar-refractivity contribution is 5.77. The second-order valence-electron chi connectivity index (χ2n) is 5.09. The van der Waals surface area contributed by atoms with E-state index in [0.717, 1.165) is 32.6 Å². The summed E-state index contributed by atoms with van der Waals surface area (Å²) in [5.74, 6) is 0.140. The van der Waals surface area contributed by atoms with E-state index in [1.54, 1.807) is 0 Å². The van der Waals surface area contributed by atoms with Crippen molar-refractivity contribution in [3.8, 4) is 0 Å². The third-order valence-corrected chi connectivity index (χ3v) is 3.77. The van der Waals surface area contributed by atoms with E-state index in [4.69, 9.17) is 0 Å².